The topological polar surface area (TPSA) is 71.2 Å². The van der Waals surface area contributed by atoms with E-state index in [-0.39, 0.29) is 11.5 Å². The highest BCUT2D eigenvalue weighted by molar-refractivity contribution is 6.01. The zero-order chi connectivity index (χ0) is 29.9. The number of carbonyl (C=O) groups is 1. The van der Waals surface area contributed by atoms with Gasteiger partial charge in [0.15, 0.2) is 0 Å². The van der Waals surface area contributed by atoms with Crippen molar-refractivity contribution < 1.29 is 9.90 Å². The van der Waals surface area contributed by atoms with Crippen molar-refractivity contribution in [3.05, 3.63) is 131 Å². The number of imidazole rings is 1. The number of nitrogens with zero attached hydrogens (tertiary/aromatic N) is 4. The molecule has 0 saturated heterocycles. The number of benzene rings is 4. The van der Waals surface area contributed by atoms with E-state index in [1.165, 1.54) is 38.6 Å². The highest BCUT2D eigenvalue weighted by Gasteiger charge is 2.28. The van der Waals surface area contributed by atoms with Crippen molar-refractivity contribution in [1.82, 2.24) is 14.5 Å². The van der Waals surface area contributed by atoms with Crippen molar-refractivity contribution >= 4 is 50.1 Å². The lowest BCUT2D eigenvalue weighted by Crippen LogP contribution is -2.23. The number of fused-ring (bicyclic) bond motifs is 6. The van der Waals surface area contributed by atoms with Crippen LogP contribution in [0.25, 0.3) is 38.3 Å². The molecular formula is C38H32N4O2. The molecule has 0 bridgehead atoms. The summed E-state index contributed by atoms with van der Waals surface area (Å²) in [6, 6.07) is 29.2. The Balaban J connectivity index is 1.17. The molecule has 216 valence electrons. The molecular weight excluding hydrogens is 544 g/mol. The second-order valence-corrected chi connectivity index (χ2v) is 12.0. The summed E-state index contributed by atoms with van der Waals surface area (Å²) in [7, 11) is 4.00. The molecule has 1 unspecified atom stereocenters. The van der Waals surface area contributed by atoms with Crippen LogP contribution in [0.2, 0.25) is 0 Å². The Labute approximate surface area is 255 Å². The number of pyridine rings is 1. The largest absolute Gasteiger partial charge is 0.478 e. The number of hydrogen-bond acceptors (Lipinski definition) is 4. The fourth-order valence-corrected chi connectivity index (χ4v) is 7.20. The molecule has 0 aliphatic heterocycles. The van der Waals surface area contributed by atoms with Crippen molar-refractivity contribution in [1.29, 1.82) is 0 Å². The number of rotatable bonds is 5. The van der Waals surface area contributed by atoms with Crippen LogP contribution in [0.5, 0.6) is 0 Å². The first-order valence-corrected chi connectivity index (χ1v) is 15.2. The van der Waals surface area contributed by atoms with Crippen molar-refractivity contribution in [2.75, 3.05) is 11.9 Å². The molecule has 1 N–H and O–H groups in total. The highest BCUT2D eigenvalue weighted by Crippen LogP contribution is 2.45. The molecule has 0 fully saturated rings. The Morgan fingerprint density at radius 3 is 2.64 bits per heavy atom. The molecule has 8 rings (SSSR count). The summed E-state index contributed by atoms with van der Waals surface area (Å²) in [5, 5.41) is 13.5. The van der Waals surface area contributed by atoms with Gasteiger partial charge in [-0.25, -0.2) is 14.8 Å². The maximum Gasteiger partial charge on any atom is 0.337 e. The van der Waals surface area contributed by atoms with Crippen LogP contribution in [-0.4, -0.2) is 32.7 Å². The molecule has 44 heavy (non-hydrogen) atoms. The summed E-state index contributed by atoms with van der Waals surface area (Å²) >= 11 is 0. The molecule has 0 radical (unpaired) electrons. The first-order valence-electron chi connectivity index (χ1n) is 15.2. The van der Waals surface area contributed by atoms with Gasteiger partial charge in [-0.3, -0.25) is 0 Å². The zero-order valence-electron chi connectivity index (χ0n) is 24.8. The summed E-state index contributed by atoms with van der Waals surface area (Å²) in [5.74, 6) is 0.945. The highest BCUT2D eigenvalue weighted by atomic mass is 16.4. The van der Waals surface area contributed by atoms with E-state index in [0.29, 0.717) is 12.1 Å². The van der Waals surface area contributed by atoms with E-state index in [2.05, 4.69) is 84.8 Å². The first-order chi connectivity index (χ1) is 21.5. The van der Waals surface area contributed by atoms with Crippen molar-refractivity contribution in [2.24, 2.45) is 7.05 Å². The second kappa shape index (κ2) is 10.2. The van der Waals surface area contributed by atoms with Crippen LogP contribution < -0.4 is 4.90 Å². The van der Waals surface area contributed by atoms with E-state index in [4.69, 9.17) is 9.97 Å². The molecule has 4 aromatic carbocycles. The maximum absolute atomic E-state index is 11.9. The van der Waals surface area contributed by atoms with Crippen LogP contribution in [0.4, 0.5) is 5.82 Å². The number of aryl methyl sites for hydroxylation is 2. The Hall–Kier alpha value is -5.23. The van der Waals surface area contributed by atoms with Gasteiger partial charge in [0, 0.05) is 31.0 Å². The monoisotopic (exact) mass is 576 g/mol. The lowest BCUT2D eigenvalue weighted by Gasteiger charge is -2.31. The third kappa shape index (κ3) is 4.21. The normalized spacial score (nSPS) is 16.0. The molecule has 2 aromatic heterocycles. The Morgan fingerprint density at radius 2 is 1.77 bits per heavy atom. The second-order valence-electron chi connectivity index (χ2n) is 12.0. The van der Waals surface area contributed by atoms with Gasteiger partial charge in [0.1, 0.15) is 17.2 Å². The standard InChI is InChI=1S/C38H32N4O2/c1-41(22-35-40-36-31(38(43)44)11-7-13-34(36)42(35)2)37-32(21-26-9-4-6-12-33(26)39-37)25-15-17-28-24(20-25)16-19-29-27-10-5-3-8-23(27)14-18-30(28)29/h3-15,17-18,21,25H,16,19-20,22H2,1-2H3,(H,43,44). The average Bonchev–Trinajstić information content (AvgIpc) is 3.37. The van der Waals surface area contributed by atoms with E-state index in [0.717, 1.165) is 47.3 Å². The fourth-order valence-electron chi connectivity index (χ4n) is 7.20. The Morgan fingerprint density at radius 1 is 0.955 bits per heavy atom. The predicted octanol–water partition coefficient (Wildman–Crippen LogP) is 8.05. The van der Waals surface area contributed by atoms with Gasteiger partial charge >= 0.3 is 5.97 Å². The van der Waals surface area contributed by atoms with Gasteiger partial charge in [-0.2, -0.15) is 0 Å². The third-order valence-electron chi connectivity index (χ3n) is 9.46. The fraction of sp³-hybridized carbons (Fsp3) is 0.184. The van der Waals surface area contributed by atoms with Crippen LogP contribution in [-0.2, 0) is 20.0 Å². The minimum atomic E-state index is -0.969. The van der Waals surface area contributed by atoms with Gasteiger partial charge < -0.3 is 14.6 Å². The van der Waals surface area contributed by atoms with E-state index < -0.39 is 5.97 Å². The zero-order valence-corrected chi connectivity index (χ0v) is 24.8. The third-order valence-corrected chi connectivity index (χ3v) is 9.46. The van der Waals surface area contributed by atoms with Gasteiger partial charge in [-0.1, -0.05) is 78.4 Å². The number of para-hydroxylation sites is 2. The van der Waals surface area contributed by atoms with Gasteiger partial charge in [-0.05, 0) is 71.0 Å². The smallest absolute Gasteiger partial charge is 0.337 e. The molecule has 2 aliphatic rings. The number of allylic oxidation sites excluding steroid dienone is 4. The molecule has 0 amide bonds. The minimum Gasteiger partial charge on any atom is -0.478 e. The van der Waals surface area contributed by atoms with E-state index >= 15 is 0 Å². The lowest BCUT2D eigenvalue weighted by molar-refractivity contribution is 0.0699. The quantitative estimate of drug-likeness (QED) is 0.225. The van der Waals surface area contributed by atoms with Crippen LogP contribution in [0, 0.1) is 0 Å². The molecule has 2 heterocycles. The molecule has 2 aliphatic carbocycles. The molecule has 1 atom stereocenters. The van der Waals surface area contributed by atoms with Crippen LogP contribution >= 0.6 is 0 Å². The van der Waals surface area contributed by atoms with Crippen molar-refractivity contribution in [2.45, 2.75) is 31.7 Å². The summed E-state index contributed by atoms with van der Waals surface area (Å²) in [6.45, 7) is 0.493. The molecule has 0 spiro atoms. The number of hydrogen-bond donors (Lipinski definition) is 1. The maximum atomic E-state index is 11.9. The minimum absolute atomic E-state index is 0.198. The molecule has 6 nitrogen and oxygen atoms in total. The summed E-state index contributed by atoms with van der Waals surface area (Å²) in [5.41, 5.74) is 9.41. The summed E-state index contributed by atoms with van der Waals surface area (Å²) in [4.78, 5) is 24.0. The molecule has 6 heteroatoms. The van der Waals surface area contributed by atoms with Crippen molar-refractivity contribution in [3.8, 4) is 0 Å². The van der Waals surface area contributed by atoms with Crippen molar-refractivity contribution in [3.63, 3.8) is 0 Å². The molecule has 0 saturated carbocycles. The van der Waals surface area contributed by atoms with Crippen LogP contribution in [0.15, 0.2) is 103 Å². The van der Waals surface area contributed by atoms with E-state index in [1.807, 2.05) is 23.7 Å². The summed E-state index contributed by atoms with van der Waals surface area (Å²) in [6.07, 6.45) is 7.79. The number of anilines is 1. The number of carboxylic acids is 1. The van der Waals surface area contributed by atoms with Gasteiger partial charge in [0.2, 0.25) is 0 Å². The first kappa shape index (κ1) is 26.4. The average molecular weight is 577 g/mol. The van der Waals surface area contributed by atoms with E-state index in [9.17, 15) is 9.90 Å². The summed E-state index contributed by atoms with van der Waals surface area (Å²) < 4.78 is 1.99. The SMILES string of the molecule is CN(Cc1nc2c(C(=O)O)cccc2n1C)c1nc2ccccc2cc1C1C=CC2=C(CCc3c2ccc2ccccc32)C1. The van der Waals surface area contributed by atoms with Crippen LogP contribution in [0.1, 0.15) is 51.6 Å². The Bertz CT molecular complexity index is 2210. The van der Waals surface area contributed by atoms with Gasteiger partial charge in [0.25, 0.3) is 0 Å². The van der Waals surface area contributed by atoms with Crippen LogP contribution in [0.3, 0.4) is 0 Å². The predicted molar refractivity (Wildman–Crippen MR) is 177 cm³/mol. The lowest BCUT2D eigenvalue weighted by atomic mass is 9.75. The van der Waals surface area contributed by atoms with Gasteiger partial charge in [-0.15, -0.1) is 0 Å². The Kier molecular flexibility index (Phi) is 6.12. The number of aromatic carboxylic acids is 1. The number of carboxylic acid groups (broad SMARTS) is 1. The number of aromatic nitrogens is 3. The van der Waals surface area contributed by atoms with Gasteiger partial charge in [0.05, 0.1) is 23.1 Å². The molecule has 6 aromatic rings. The van der Waals surface area contributed by atoms with E-state index in [1.54, 1.807) is 12.1 Å².